The van der Waals surface area contributed by atoms with E-state index in [-0.39, 0.29) is 0 Å². The Bertz CT molecular complexity index is 355. The van der Waals surface area contributed by atoms with E-state index in [0.29, 0.717) is 10.7 Å². The fourth-order valence-electron chi connectivity index (χ4n) is 2.41. The van der Waals surface area contributed by atoms with Crippen molar-refractivity contribution in [3.8, 4) is 0 Å². The first-order valence-corrected chi connectivity index (χ1v) is 6.66. The first-order chi connectivity index (χ1) is 7.71. The molecule has 0 spiro atoms. The van der Waals surface area contributed by atoms with E-state index in [0.717, 1.165) is 25.2 Å². The van der Waals surface area contributed by atoms with Gasteiger partial charge >= 0.3 is 0 Å². The number of aromatic nitrogens is 3. The molecule has 4 heteroatoms. The Labute approximate surface area is 102 Å². The Morgan fingerprint density at radius 2 is 2.00 bits per heavy atom. The zero-order chi connectivity index (χ0) is 11.6. The molecular weight excluding hydrogens is 222 g/mol. The molecule has 0 saturated heterocycles. The summed E-state index contributed by atoms with van der Waals surface area (Å²) >= 11 is 6.10. The highest BCUT2D eigenvalue weighted by molar-refractivity contribution is 6.28. The molecule has 0 N–H and O–H groups in total. The number of aryl methyl sites for hydroxylation is 1. The van der Waals surface area contributed by atoms with Gasteiger partial charge < -0.3 is 4.57 Å². The normalized spacial score (nSPS) is 17.7. The molecule has 0 atom stereocenters. The van der Waals surface area contributed by atoms with E-state index in [1.807, 2.05) is 0 Å². The summed E-state index contributed by atoms with van der Waals surface area (Å²) in [5.74, 6) is 1.05. The molecule has 2 rings (SSSR count). The maximum atomic E-state index is 6.10. The van der Waals surface area contributed by atoms with Gasteiger partial charge in [-0.25, -0.2) is 0 Å². The molecule has 16 heavy (non-hydrogen) atoms. The van der Waals surface area contributed by atoms with Gasteiger partial charge in [0.15, 0.2) is 0 Å². The molecule has 0 radical (unpaired) electrons. The van der Waals surface area contributed by atoms with Crippen molar-refractivity contribution in [1.29, 1.82) is 0 Å². The van der Waals surface area contributed by atoms with Gasteiger partial charge in [0.25, 0.3) is 0 Å². The van der Waals surface area contributed by atoms with E-state index in [4.69, 9.17) is 11.6 Å². The Hall–Kier alpha value is -0.570. The van der Waals surface area contributed by atoms with Crippen LogP contribution in [-0.2, 0) is 13.0 Å². The molecule has 3 nitrogen and oxygen atoms in total. The van der Waals surface area contributed by atoms with Gasteiger partial charge in [-0.1, -0.05) is 20.3 Å². The SMILES string of the molecule is CCCc1nnc(Cl)n1CC1(CCC)CC1. The fraction of sp³-hybridized carbons (Fsp3) is 0.833. The predicted molar refractivity (Wildman–Crippen MR) is 65.6 cm³/mol. The lowest BCUT2D eigenvalue weighted by Crippen LogP contribution is -2.14. The van der Waals surface area contributed by atoms with Crippen molar-refractivity contribution < 1.29 is 0 Å². The van der Waals surface area contributed by atoms with Gasteiger partial charge in [0.05, 0.1) is 0 Å². The molecule has 1 aromatic rings. The van der Waals surface area contributed by atoms with Crippen LogP contribution in [-0.4, -0.2) is 14.8 Å². The largest absolute Gasteiger partial charge is 0.301 e. The predicted octanol–water partition coefficient (Wildman–Crippen LogP) is 3.46. The highest BCUT2D eigenvalue weighted by atomic mass is 35.5. The summed E-state index contributed by atoms with van der Waals surface area (Å²) in [5, 5.41) is 8.71. The summed E-state index contributed by atoms with van der Waals surface area (Å²) in [6, 6.07) is 0. The molecule has 0 unspecified atom stereocenters. The Balaban J connectivity index is 2.11. The van der Waals surface area contributed by atoms with Gasteiger partial charge in [0, 0.05) is 13.0 Å². The quantitative estimate of drug-likeness (QED) is 0.764. The minimum Gasteiger partial charge on any atom is -0.301 e. The molecule has 0 aromatic carbocycles. The summed E-state index contributed by atoms with van der Waals surface area (Å²) in [5.41, 5.74) is 0.503. The van der Waals surface area contributed by atoms with Gasteiger partial charge in [-0.05, 0) is 42.7 Å². The summed E-state index contributed by atoms with van der Waals surface area (Å²) in [6.07, 6.45) is 7.29. The molecule has 0 aliphatic heterocycles. The number of nitrogens with zero attached hydrogens (tertiary/aromatic N) is 3. The van der Waals surface area contributed by atoms with E-state index in [1.54, 1.807) is 0 Å². The summed E-state index contributed by atoms with van der Waals surface area (Å²) in [4.78, 5) is 0. The second kappa shape index (κ2) is 4.74. The molecule has 0 bridgehead atoms. The first-order valence-electron chi connectivity index (χ1n) is 6.28. The van der Waals surface area contributed by atoms with Crippen molar-refractivity contribution in [3.63, 3.8) is 0 Å². The average Bonchev–Trinajstić information content (AvgIpc) is 2.94. The van der Waals surface area contributed by atoms with Crippen molar-refractivity contribution in [3.05, 3.63) is 11.1 Å². The molecule has 1 heterocycles. The van der Waals surface area contributed by atoms with Crippen LogP contribution in [0, 0.1) is 5.41 Å². The third kappa shape index (κ3) is 2.40. The maximum absolute atomic E-state index is 6.10. The minimum absolute atomic E-state index is 0.503. The van der Waals surface area contributed by atoms with Crippen LogP contribution < -0.4 is 0 Å². The van der Waals surface area contributed by atoms with Crippen LogP contribution in [0.15, 0.2) is 0 Å². The maximum Gasteiger partial charge on any atom is 0.225 e. The molecule has 1 aromatic heterocycles. The zero-order valence-corrected chi connectivity index (χ0v) is 10.9. The number of halogens is 1. The van der Waals surface area contributed by atoms with Crippen LogP contribution in [0.5, 0.6) is 0 Å². The third-order valence-electron chi connectivity index (χ3n) is 3.49. The van der Waals surface area contributed by atoms with E-state index in [2.05, 4.69) is 28.6 Å². The number of hydrogen-bond acceptors (Lipinski definition) is 2. The van der Waals surface area contributed by atoms with Crippen LogP contribution in [0.1, 0.15) is 51.8 Å². The van der Waals surface area contributed by atoms with Gasteiger partial charge in [-0.15, -0.1) is 10.2 Å². The topological polar surface area (TPSA) is 30.7 Å². The second-order valence-electron chi connectivity index (χ2n) is 4.97. The van der Waals surface area contributed by atoms with Crippen LogP contribution >= 0.6 is 11.6 Å². The van der Waals surface area contributed by atoms with Crippen LogP contribution in [0.2, 0.25) is 5.28 Å². The van der Waals surface area contributed by atoms with Crippen molar-refractivity contribution in [2.24, 2.45) is 5.41 Å². The number of hydrogen-bond donors (Lipinski definition) is 0. The molecule has 1 saturated carbocycles. The first kappa shape index (κ1) is 11.9. The van der Waals surface area contributed by atoms with E-state index >= 15 is 0 Å². The lowest BCUT2D eigenvalue weighted by molar-refractivity contribution is 0.381. The lowest BCUT2D eigenvalue weighted by atomic mass is 10.0. The minimum atomic E-state index is 0.503. The smallest absolute Gasteiger partial charge is 0.225 e. The monoisotopic (exact) mass is 241 g/mol. The highest BCUT2D eigenvalue weighted by Gasteiger charge is 2.42. The molecular formula is C12H20ClN3. The standard InChI is InChI=1S/C12H20ClN3/c1-3-5-10-14-15-11(13)16(10)9-12(6-4-2)7-8-12/h3-9H2,1-2H3. The van der Waals surface area contributed by atoms with Crippen LogP contribution in [0.25, 0.3) is 0 Å². The van der Waals surface area contributed by atoms with Crippen LogP contribution in [0.3, 0.4) is 0 Å². The van der Waals surface area contributed by atoms with E-state index in [9.17, 15) is 0 Å². The average molecular weight is 242 g/mol. The van der Waals surface area contributed by atoms with Gasteiger partial charge in [-0.2, -0.15) is 0 Å². The highest BCUT2D eigenvalue weighted by Crippen LogP contribution is 2.51. The van der Waals surface area contributed by atoms with Crippen molar-refractivity contribution in [2.75, 3.05) is 0 Å². The Morgan fingerprint density at radius 1 is 1.25 bits per heavy atom. The Kier molecular flexibility index (Phi) is 3.53. The summed E-state index contributed by atoms with van der Waals surface area (Å²) in [7, 11) is 0. The van der Waals surface area contributed by atoms with Gasteiger partial charge in [0.2, 0.25) is 5.28 Å². The lowest BCUT2D eigenvalue weighted by Gasteiger charge is -2.16. The van der Waals surface area contributed by atoms with Gasteiger partial charge in [0.1, 0.15) is 5.82 Å². The molecule has 1 fully saturated rings. The van der Waals surface area contributed by atoms with Crippen molar-refractivity contribution in [2.45, 2.75) is 58.9 Å². The molecule has 1 aliphatic carbocycles. The van der Waals surface area contributed by atoms with Gasteiger partial charge in [-0.3, -0.25) is 0 Å². The fourth-order valence-corrected chi connectivity index (χ4v) is 2.60. The number of rotatable bonds is 6. The summed E-state index contributed by atoms with van der Waals surface area (Å²) < 4.78 is 2.12. The van der Waals surface area contributed by atoms with Crippen molar-refractivity contribution >= 4 is 11.6 Å². The third-order valence-corrected chi connectivity index (χ3v) is 3.77. The zero-order valence-electron chi connectivity index (χ0n) is 10.2. The summed E-state index contributed by atoms with van der Waals surface area (Å²) in [6.45, 7) is 5.43. The Morgan fingerprint density at radius 3 is 2.56 bits per heavy atom. The van der Waals surface area contributed by atoms with E-state index < -0.39 is 0 Å². The second-order valence-corrected chi connectivity index (χ2v) is 5.31. The molecule has 90 valence electrons. The van der Waals surface area contributed by atoms with Crippen LogP contribution in [0.4, 0.5) is 0 Å². The molecule has 1 aliphatic rings. The van der Waals surface area contributed by atoms with Crippen molar-refractivity contribution in [1.82, 2.24) is 14.8 Å². The van der Waals surface area contributed by atoms with E-state index in [1.165, 1.54) is 25.7 Å². The molecule has 0 amide bonds.